The normalized spacial score (nSPS) is 12.9. The average molecular weight is 246 g/mol. The van der Waals surface area contributed by atoms with Crippen molar-refractivity contribution in [3.05, 3.63) is 11.2 Å². The minimum atomic E-state index is 0.488. The van der Waals surface area contributed by atoms with Gasteiger partial charge in [-0.1, -0.05) is 32.4 Å². The summed E-state index contributed by atoms with van der Waals surface area (Å²) in [5.41, 5.74) is 0. The summed E-state index contributed by atoms with van der Waals surface area (Å²) in [5, 5.41) is 4.85. The van der Waals surface area contributed by atoms with Gasteiger partial charge in [0.2, 0.25) is 5.95 Å². The zero-order chi connectivity index (χ0) is 11.4. The molecule has 1 aromatic rings. The second-order valence-electron chi connectivity index (χ2n) is 3.66. The molecule has 1 rings (SSSR count). The fraction of sp³-hybridized carbons (Fsp3) is 0.600. The molecule has 0 aliphatic carbocycles. The molecule has 0 amide bonds. The zero-order valence-electron chi connectivity index (χ0n) is 9.41. The molecular formula is C10H16ClN3S. The van der Waals surface area contributed by atoms with E-state index in [-0.39, 0.29) is 0 Å². The summed E-state index contributed by atoms with van der Waals surface area (Å²) in [4.78, 5) is 8.36. The molecule has 84 valence electrons. The lowest BCUT2D eigenvalue weighted by Gasteiger charge is -2.15. The molecule has 5 heteroatoms. The van der Waals surface area contributed by atoms with Crippen LogP contribution in [0.4, 0.5) is 5.95 Å². The van der Waals surface area contributed by atoms with Crippen LogP contribution in [0.3, 0.4) is 0 Å². The number of hydrogen-bond donors (Lipinski definition) is 1. The molecule has 0 fully saturated rings. The molecule has 1 unspecified atom stereocenters. The van der Waals surface area contributed by atoms with Crippen molar-refractivity contribution >= 4 is 29.3 Å². The fourth-order valence-corrected chi connectivity index (χ4v) is 2.02. The summed E-state index contributed by atoms with van der Waals surface area (Å²) < 4.78 is 0. The first-order valence-electron chi connectivity index (χ1n) is 4.91. The molecule has 0 aliphatic heterocycles. The first-order valence-corrected chi connectivity index (χ1v) is 6.17. The first-order chi connectivity index (χ1) is 7.04. The van der Waals surface area contributed by atoms with Crippen molar-refractivity contribution in [1.29, 1.82) is 0 Å². The van der Waals surface area contributed by atoms with Crippen LogP contribution in [0.2, 0.25) is 5.02 Å². The van der Waals surface area contributed by atoms with Gasteiger partial charge in [-0.25, -0.2) is 9.97 Å². The molecule has 1 aromatic heterocycles. The lowest BCUT2D eigenvalue weighted by atomic mass is 10.2. The Labute approximate surface area is 100 Å². The van der Waals surface area contributed by atoms with E-state index in [0.717, 1.165) is 5.03 Å². The van der Waals surface area contributed by atoms with E-state index in [1.54, 1.807) is 25.0 Å². The highest BCUT2D eigenvalue weighted by Gasteiger charge is 2.13. The molecule has 3 nitrogen and oxygen atoms in total. The Hall–Kier alpha value is -0.480. The van der Waals surface area contributed by atoms with E-state index >= 15 is 0 Å². The number of nitrogens with one attached hydrogen (secondary N) is 1. The summed E-state index contributed by atoms with van der Waals surface area (Å²) in [6.07, 6.45) is 1.63. The molecule has 0 aliphatic rings. The van der Waals surface area contributed by atoms with E-state index in [2.05, 4.69) is 36.1 Å². The summed E-state index contributed by atoms with van der Waals surface area (Å²) >= 11 is 7.71. The molecule has 1 N–H and O–H groups in total. The highest BCUT2D eigenvalue weighted by Crippen LogP contribution is 2.31. The SMILES string of the molecule is CNc1ncc(Cl)c(SC(C)C(C)C)n1. The highest BCUT2D eigenvalue weighted by atomic mass is 35.5. The first kappa shape index (κ1) is 12.6. The van der Waals surface area contributed by atoms with Gasteiger partial charge in [0.1, 0.15) is 5.03 Å². The third kappa shape index (κ3) is 3.54. The van der Waals surface area contributed by atoms with Crippen LogP contribution in [0.15, 0.2) is 11.2 Å². The second-order valence-corrected chi connectivity index (χ2v) is 5.44. The number of aromatic nitrogens is 2. The molecule has 0 aromatic carbocycles. The van der Waals surface area contributed by atoms with Gasteiger partial charge < -0.3 is 5.32 Å². The summed E-state index contributed by atoms with van der Waals surface area (Å²) in [5.74, 6) is 1.21. The van der Waals surface area contributed by atoms with Crippen LogP contribution in [0, 0.1) is 5.92 Å². The minimum Gasteiger partial charge on any atom is -0.357 e. The Morgan fingerprint density at radius 1 is 1.40 bits per heavy atom. The number of anilines is 1. The molecular weight excluding hydrogens is 230 g/mol. The van der Waals surface area contributed by atoms with E-state index < -0.39 is 0 Å². The standard InChI is InChI=1S/C10H16ClN3S/c1-6(2)7(3)15-9-8(11)5-13-10(12-4)14-9/h5-7H,1-4H3,(H,12,13,14). The van der Waals surface area contributed by atoms with Gasteiger partial charge in [0.05, 0.1) is 11.2 Å². The van der Waals surface area contributed by atoms with Crippen molar-refractivity contribution < 1.29 is 0 Å². The maximum atomic E-state index is 6.03. The predicted molar refractivity (Wildman–Crippen MR) is 66.7 cm³/mol. The fourth-order valence-electron chi connectivity index (χ4n) is 0.867. The number of hydrogen-bond acceptors (Lipinski definition) is 4. The number of nitrogens with zero attached hydrogens (tertiary/aromatic N) is 2. The number of halogens is 1. The van der Waals surface area contributed by atoms with Gasteiger partial charge in [0.25, 0.3) is 0 Å². The van der Waals surface area contributed by atoms with E-state index in [1.165, 1.54) is 0 Å². The van der Waals surface area contributed by atoms with Crippen LogP contribution in [-0.2, 0) is 0 Å². The van der Waals surface area contributed by atoms with Crippen molar-refractivity contribution in [3.63, 3.8) is 0 Å². The molecule has 0 saturated carbocycles. The van der Waals surface area contributed by atoms with Gasteiger partial charge in [-0.2, -0.15) is 0 Å². The Morgan fingerprint density at radius 2 is 2.07 bits per heavy atom. The minimum absolute atomic E-state index is 0.488. The predicted octanol–water partition coefficient (Wildman–Crippen LogP) is 3.31. The monoisotopic (exact) mass is 245 g/mol. The Bertz CT molecular complexity index is 330. The molecule has 15 heavy (non-hydrogen) atoms. The van der Waals surface area contributed by atoms with Gasteiger partial charge in [-0.15, -0.1) is 11.8 Å². The molecule has 0 bridgehead atoms. The topological polar surface area (TPSA) is 37.8 Å². The van der Waals surface area contributed by atoms with Gasteiger partial charge in [-0.05, 0) is 5.92 Å². The second kappa shape index (κ2) is 5.56. The van der Waals surface area contributed by atoms with E-state index in [9.17, 15) is 0 Å². The van der Waals surface area contributed by atoms with Crippen LogP contribution in [0.25, 0.3) is 0 Å². The van der Waals surface area contributed by atoms with E-state index in [4.69, 9.17) is 11.6 Å². The zero-order valence-corrected chi connectivity index (χ0v) is 11.0. The number of thioether (sulfide) groups is 1. The van der Waals surface area contributed by atoms with Crippen molar-refractivity contribution in [2.45, 2.75) is 31.0 Å². The molecule has 1 heterocycles. The van der Waals surface area contributed by atoms with Crippen LogP contribution in [-0.4, -0.2) is 22.3 Å². The van der Waals surface area contributed by atoms with Crippen LogP contribution in [0.5, 0.6) is 0 Å². The van der Waals surface area contributed by atoms with Crippen LogP contribution >= 0.6 is 23.4 Å². The lowest BCUT2D eigenvalue weighted by molar-refractivity contribution is 0.641. The number of rotatable bonds is 4. The van der Waals surface area contributed by atoms with Gasteiger partial charge in [0.15, 0.2) is 0 Å². The molecule has 0 spiro atoms. The van der Waals surface area contributed by atoms with Gasteiger partial charge in [0, 0.05) is 12.3 Å². The Kier molecular flexibility index (Phi) is 4.67. The smallest absolute Gasteiger partial charge is 0.223 e. The third-order valence-corrected chi connectivity index (χ3v) is 4.01. The van der Waals surface area contributed by atoms with E-state index in [1.807, 2.05) is 0 Å². The highest BCUT2D eigenvalue weighted by molar-refractivity contribution is 8.00. The summed E-state index contributed by atoms with van der Waals surface area (Å²) in [6, 6.07) is 0. The summed E-state index contributed by atoms with van der Waals surface area (Å²) in [7, 11) is 1.80. The average Bonchev–Trinajstić information content (AvgIpc) is 2.21. The van der Waals surface area contributed by atoms with Crippen molar-refractivity contribution in [2.24, 2.45) is 5.92 Å². The Morgan fingerprint density at radius 3 is 2.60 bits per heavy atom. The van der Waals surface area contributed by atoms with Gasteiger partial charge >= 0.3 is 0 Å². The summed E-state index contributed by atoms with van der Waals surface area (Å²) in [6.45, 7) is 6.55. The van der Waals surface area contributed by atoms with Crippen LogP contribution < -0.4 is 5.32 Å². The molecule has 0 saturated heterocycles. The van der Waals surface area contributed by atoms with Gasteiger partial charge in [-0.3, -0.25) is 0 Å². The van der Waals surface area contributed by atoms with Crippen molar-refractivity contribution in [3.8, 4) is 0 Å². The maximum Gasteiger partial charge on any atom is 0.223 e. The molecule has 1 atom stereocenters. The Balaban J connectivity index is 2.83. The third-order valence-electron chi connectivity index (χ3n) is 2.17. The van der Waals surface area contributed by atoms with Crippen molar-refractivity contribution in [1.82, 2.24) is 9.97 Å². The quantitative estimate of drug-likeness (QED) is 0.653. The largest absolute Gasteiger partial charge is 0.357 e. The van der Waals surface area contributed by atoms with Crippen molar-refractivity contribution in [2.75, 3.05) is 12.4 Å². The lowest BCUT2D eigenvalue weighted by Crippen LogP contribution is -2.07. The van der Waals surface area contributed by atoms with Crippen LogP contribution in [0.1, 0.15) is 20.8 Å². The maximum absolute atomic E-state index is 6.03. The van der Waals surface area contributed by atoms with E-state index in [0.29, 0.717) is 22.1 Å². The molecule has 0 radical (unpaired) electrons.